The molecule has 0 radical (unpaired) electrons. The number of carbonyl (C=O) groups excluding carboxylic acids is 3. The summed E-state index contributed by atoms with van der Waals surface area (Å²) in [6.45, 7) is 2.99. The van der Waals surface area contributed by atoms with Crippen LogP contribution < -0.4 is 5.32 Å². The molecule has 2 bridgehead atoms. The molecule has 2 aliphatic rings. The van der Waals surface area contributed by atoms with E-state index in [1.54, 1.807) is 0 Å². The number of rotatable bonds is 8. The fourth-order valence-electron chi connectivity index (χ4n) is 4.11. The Balaban J connectivity index is 2.02. The lowest BCUT2D eigenvalue weighted by Gasteiger charge is -2.24. The van der Waals surface area contributed by atoms with Crippen molar-refractivity contribution in [1.29, 1.82) is 0 Å². The number of fused-ring (bicyclic) bond motifs is 2. The predicted molar refractivity (Wildman–Crippen MR) is 87.1 cm³/mol. The molecular weight excluding hydrogens is 312 g/mol. The largest absolute Gasteiger partial charge is 0.469 e. The maximum absolute atomic E-state index is 12.2. The molecule has 1 amide bonds. The van der Waals surface area contributed by atoms with Gasteiger partial charge in [0.05, 0.1) is 32.6 Å². The Kier molecular flexibility index (Phi) is 6.60. The molecule has 24 heavy (non-hydrogen) atoms. The van der Waals surface area contributed by atoms with E-state index >= 15 is 0 Å². The second kappa shape index (κ2) is 8.46. The van der Waals surface area contributed by atoms with Crippen LogP contribution in [0.15, 0.2) is 0 Å². The smallest absolute Gasteiger partial charge is 0.311 e. The Morgan fingerprint density at radius 3 is 2.00 bits per heavy atom. The van der Waals surface area contributed by atoms with E-state index in [9.17, 15) is 14.4 Å². The van der Waals surface area contributed by atoms with Gasteiger partial charge in [-0.05, 0) is 19.3 Å². The lowest BCUT2D eigenvalue weighted by molar-refractivity contribution is -0.157. The van der Waals surface area contributed by atoms with Crippen molar-refractivity contribution in [1.82, 2.24) is 10.2 Å². The number of methoxy groups -OCH3 is 2. The lowest BCUT2D eigenvalue weighted by atomic mass is 9.79. The fourth-order valence-corrected chi connectivity index (χ4v) is 4.11. The van der Waals surface area contributed by atoms with Crippen LogP contribution in [0.2, 0.25) is 0 Å². The number of nitrogens with zero attached hydrogens (tertiary/aromatic N) is 1. The molecule has 0 aromatic rings. The summed E-state index contributed by atoms with van der Waals surface area (Å²) in [4.78, 5) is 38.5. The van der Waals surface area contributed by atoms with Crippen LogP contribution in [-0.4, -0.2) is 62.1 Å². The maximum Gasteiger partial charge on any atom is 0.311 e. The van der Waals surface area contributed by atoms with Crippen LogP contribution in [0, 0.1) is 11.8 Å². The van der Waals surface area contributed by atoms with Crippen molar-refractivity contribution >= 4 is 17.8 Å². The third-order valence-corrected chi connectivity index (χ3v) is 5.20. The van der Waals surface area contributed by atoms with Crippen molar-refractivity contribution in [2.24, 2.45) is 11.8 Å². The van der Waals surface area contributed by atoms with E-state index in [0.29, 0.717) is 6.54 Å². The molecule has 7 nitrogen and oxygen atoms in total. The monoisotopic (exact) mass is 340 g/mol. The normalized spacial score (nSPS) is 28.6. The van der Waals surface area contributed by atoms with Gasteiger partial charge < -0.3 is 14.8 Å². The minimum atomic E-state index is -0.547. The number of hydrogen-bond donors (Lipinski definition) is 1. The molecule has 2 aliphatic heterocycles. The molecule has 0 aliphatic carbocycles. The zero-order chi connectivity index (χ0) is 17.7. The molecule has 0 unspecified atom stereocenters. The maximum atomic E-state index is 12.2. The van der Waals surface area contributed by atoms with E-state index in [1.807, 2.05) is 4.90 Å². The second-order valence-electron chi connectivity index (χ2n) is 6.54. The summed E-state index contributed by atoms with van der Waals surface area (Å²) in [6, 6.07) is -0.263. The second-order valence-corrected chi connectivity index (χ2v) is 6.54. The van der Waals surface area contributed by atoms with Gasteiger partial charge in [-0.3, -0.25) is 19.3 Å². The number of nitrogens with one attached hydrogen (secondary N) is 1. The van der Waals surface area contributed by atoms with Gasteiger partial charge in [0.15, 0.2) is 0 Å². The van der Waals surface area contributed by atoms with E-state index in [-0.39, 0.29) is 24.5 Å². The van der Waals surface area contributed by atoms with Crippen LogP contribution in [0.5, 0.6) is 0 Å². The molecule has 2 fully saturated rings. The van der Waals surface area contributed by atoms with Gasteiger partial charge in [0.25, 0.3) is 0 Å². The molecule has 7 heteroatoms. The average Bonchev–Trinajstić information content (AvgIpc) is 3.12. The Labute approximate surface area is 143 Å². The molecule has 136 valence electrons. The third kappa shape index (κ3) is 3.71. The Hall–Kier alpha value is -1.63. The van der Waals surface area contributed by atoms with Crippen LogP contribution >= 0.6 is 0 Å². The number of carbonyl (C=O) groups is 3. The number of esters is 2. The molecule has 2 heterocycles. The van der Waals surface area contributed by atoms with Gasteiger partial charge in [0.2, 0.25) is 5.91 Å². The molecule has 2 rings (SSSR count). The highest BCUT2D eigenvalue weighted by molar-refractivity contribution is 5.85. The zero-order valence-electron chi connectivity index (χ0n) is 14.7. The SMILES string of the molecule is CCCCCNC(=O)CN1[C@@H]2CC[C@H]1[C@@H](C(=O)OC)[C@@H]2C(=O)OC. The molecule has 2 saturated heterocycles. The Morgan fingerprint density at radius 1 is 1.00 bits per heavy atom. The molecule has 0 aromatic carbocycles. The summed E-state index contributed by atoms with van der Waals surface area (Å²) in [5.74, 6) is -1.95. The Bertz CT molecular complexity index is 452. The predicted octanol–water partition coefficient (Wildman–Crippen LogP) is 0.718. The van der Waals surface area contributed by atoms with Crippen LogP contribution in [0.1, 0.15) is 39.0 Å². The van der Waals surface area contributed by atoms with E-state index in [0.717, 1.165) is 32.1 Å². The number of amides is 1. The third-order valence-electron chi connectivity index (χ3n) is 5.20. The van der Waals surface area contributed by atoms with Crippen molar-refractivity contribution < 1.29 is 23.9 Å². The molecule has 0 spiro atoms. The van der Waals surface area contributed by atoms with Gasteiger partial charge in [-0.15, -0.1) is 0 Å². The lowest BCUT2D eigenvalue weighted by Crippen LogP contribution is -2.41. The van der Waals surface area contributed by atoms with Crippen LogP contribution in [0.4, 0.5) is 0 Å². The molecule has 0 saturated carbocycles. The first kappa shape index (κ1) is 18.7. The zero-order valence-corrected chi connectivity index (χ0v) is 14.7. The highest BCUT2D eigenvalue weighted by Crippen LogP contribution is 2.46. The topological polar surface area (TPSA) is 84.9 Å². The molecule has 4 atom stereocenters. The first-order valence-corrected chi connectivity index (χ1v) is 8.73. The van der Waals surface area contributed by atoms with E-state index < -0.39 is 23.8 Å². The van der Waals surface area contributed by atoms with Gasteiger partial charge in [-0.1, -0.05) is 19.8 Å². The summed E-state index contributed by atoms with van der Waals surface area (Å²) in [5, 5.41) is 2.92. The van der Waals surface area contributed by atoms with Gasteiger partial charge in [-0.2, -0.15) is 0 Å². The van der Waals surface area contributed by atoms with Gasteiger partial charge in [-0.25, -0.2) is 0 Å². The summed E-state index contributed by atoms with van der Waals surface area (Å²) in [6.07, 6.45) is 4.74. The number of hydrogen-bond acceptors (Lipinski definition) is 6. The van der Waals surface area contributed by atoms with Crippen molar-refractivity contribution in [3.63, 3.8) is 0 Å². The van der Waals surface area contributed by atoms with Gasteiger partial charge >= 0.3 is 11.9 Å². The van der Waals surface area contributed by atoms with Crippen molar-refractivity contribution in [2.45, 2.75) is 51.1 Å². The fraction of sp³-hybridized carbons (Fsp3) is 0.824. The van der Waals surface area contributed by atoms with Gasteiger partial charge in [0, 0.05) is 18.6 Å². The minimum absolute atomic E-state index is 0.0582. The first-order chi connectivity index (χ1) is 11.5. The summed E-state index contributed by atoms with van der Waals surface area (Å²) < 4.78 is 9.77. The van der Waals surface area contributed by atoms with Crippen LogP contribution in [-0.2, 0) is 23.9 Å². The minimum Gasteiger partial charge on any atom is -0.469 e. The van der Waals surface area contributed by atoms with Crippen molar-refractivity contribution in [3.8, 4) is 0 Å². The molecular formula is C17H28N2O5. The van der Waals surface area contributed by atoms with E-state index in [1.165, 1.54) is 14.2 Å². The van der Waals surface area contributed by atoms with Crippen molar-refractivity contribution in [2.75, 3.05) is 27.3 Å². The number of unbranched alkanes of at least 4 members (excludes halogenated alkanes) is 2. The van der Waals surface area contributed by atoms with E-state index in [4.69, 9.17) is 9.47 Å². The van der Waals surface area contributed by atoms with Crippen molar-refractivity contribution in [3.05, 3.63) is 0 Å². The van der Waals surface area contributed by atoms with Crippen LogP contribution in [0.3, 0.4) is 0 Å². The highest BCUT2D eigenvalue weighted by Gasteiger charge is 2.59. The number of ether oxygens (including phenoxy) is 2. The standard InChI is InChI=1S/C17H28N2O5/c1-4-5-6-9-18-13(20)10-19-11-7-8-12(19)15(17(22)24-3)14(11)16(21)23-2/h11-12,14-15H,4-10H2,1-3H3,(H,18,20)/t11-,12+,14-,15-/m1/s1. The molecule has 1 N–H and O–H groups in total. The average molecular weight is 340 g/mol. The summed E-state index contributed by atoms with van der Waals surface area (Å²) in [5.41, 5.74) is 0. The summed E-state index contributed by atoms with van der Waals surface area (Å²) >= 11 is 0. The molecule has 0 aromatic heterocycles. The first-order valence-electron chi connectivity index (χ1n) is 8.73. The quantitative estimate of drug-likeness (QED) is 0.518. The van der Waals surface area contributed by atoms with E-state index in [2.05, 4.69) is 12.2 Å². The Morgan fingerprint density at radius 2 is 1.54 bits per heavy atom. The van der Waals surface area contributed by atoms with Gasteiger partial charge in [0.1, 0.15) is 0 Å². The highest BCUT2D eigenvalue weighted by atomic mass is 16.5. The van der Waals surface area contributed by atoms with Crippen LogP contribution in [0.25, 0.3) is 0 Å². The summed E-state index contributed by atoms with van der Waals surface area (Å²) in [7, 11) is 2.65.